The Morgan fingerprint density at radius 1 is 1.31 bits per heavy atom. The van der Waals surface area contributed by atoms with E-state index in [0.29, 0.717) is 11.8 Å². The van der Waals surface area contributed by atoms with Crippen LogP contribution in [-0.2, 0) is 9.84 Å². The van der Waals surface area contributed by atoms with Gasteiger partial charge < -0.3 is 5.73 Å². The van der Waals surface area contributed by atoms with Crippen molar-refractivity contribution in [2.24, 2.45) is 23.5 Å². The van der Waals surface area contributed by atoms with Crippen LogP contribution in [0.5, 0.6) is 0 Å². The van der Waals surface area contributed by atoms with Gasteiger partial charge in [-0.05, 0) is 43.4 Å². The molecule has 1 fully saturated rings. The van der Waals surface area contributed by atoms with Gasteiger partial charge in [0.15, 0.2) is 0 Å². The minimum Gasteiger partial charge on any atom is -0.327 e. The first-order valence-corrected chi connectivity index (χ1v) is 8.29. The molecule has 3 nitrogen and oxygen atoms in total. The van der Waals surface area contributed by atoms with Gasteiger partial charge in [-0.3, -0.25) is 0 Å². The van der Waals surface area contributed by atoms with Crippen LogP contribution >= 0.6 is 0 Å². The third kappa shape index (κ3) is 4.42. The predicted molar refractivity (Wildman–Crippen MR) is 68.0 cm³/mol. The smallest absolute Gasteiger partial charge is 0.147 e. The second kappa shape index (κ2) is 5.50. The highest BCUT2D eigenvalue weighted by molar-refractivity contribution is 7.90. The van der Waals surface area contributed by atoms with E-state index >= 15 is 0 Å². The van der Waals surface area contributed by atoms with E-state index in [1.807, 2.05) is 0 Å². The predicted octanol–water partition coefficient (Wildman–Crippen LogP) is 1.82. The third-order valence-electron chi connectivity index (χ3n) is 3.88. The number of hydrogen-bond acceptors (Lipinski definition) is 3. The van der Waals surface area contributed by atoms with Crippen molar-refractivity contribution in [3.05, 3.63) is 0 Å². The Kier molecular flexibility index (Phi) is 4.80. The van der Waals surface area contributed by atoms with Crippen molar-refractivity contribution >= 4 is 9.84 Å². The Hall–Kier alpha value is -0.0900. The Balaban J connectivity index is 2.50. The molecule has 2 N–H and O–H groups in total. The van der Waals surface area contributed by atoms with Gasteiger partial charge in [0.1, 0.15) is 9.84 Å². The fourth-order valence-electron chi connectivity index (χ4n) is 2.63. The zero-order chi connectivity index (χ0) is 12.3. The molecule has 0 bridgehead atoms. The van der Waals surface area contributed by atoms with Crippen molar-refractivity contribution in [2.75, 3.05) is 12.0 Å². The molecule has 0 radical (unpaired) electrons. The highest BCUT2D eigenvalue weighted by Crippen LogP contribution is 2.34. The van der Waals surface area contributed by atoms with Crippen LogP contribution in [0.1, 0.15) is 39.5 Å². The monoisotopic (exact) mass is 247 g/mol. The van der Waals surface area contributed by atoms with Crippen molar-refractivity contribution in [3.63, 3.8) is 0 Å². The fraction of sp³-hybridized carbons (Fsp3) is 1.00. The number of rotatable bonds is 4. The van der Waals surface area contributed by atoms with E-state index in [2.05, 4.69) is 13.8 Å². The highest BCUT2D eigenvalue weighted by atomic mass is 32.2. The van der Waals surface area contributed by atoms with Gasteiger partial charge in [0, 0.05) is 12.3 Å². The van der Waals surface area contributed by atoms with Crippen LogP contribution in [0.15, 0.2) is 0 Å². The summed E-state index contributed by atoms with van der Waals surface area (Å²) in [5, 5.41) is 0. The number of nitrogens with two attached hydrogens (primary N) is 1. The van der Waals surface area contributed by atoms with Gasteiger partial charge >= 0.3 is 0 Å². The summed E-state index contributed by atoms with van der Waals surface area (Å²) in [6.07, 6.45) is 5.41. The van der Waals surface area contributed by atoms with E-state index in [9.17, 15) is 8.42 Å². The molecule has 0 aromatic rings. The summed E-state index contributed by atoms with van der Waals surface area (Å²) < 4.78 is 22.3. The zero-order valence-corrected chi connectivity index (χ0v) is 11.5. The van der Waals surface area contributed by atoms with Gasteiger partial charge in [-0.2, -0.15) is 0 Å². The molecule has 16 heavy (non-hydrogen) atoms. The molecule has 0 heterocycles. The molecule has 0 amide bonds. The lowest BCUT2D eigenvalue weighted by molar-refractivity contribution is 0.187. The number of hydrogen-bond donors (Lipinski definition) is 1. The van der Waals surface area contributed by atoms with Gasteiger partial charge in [0.05, 0.1) is 5.75 Å². The van der Waals surface area contributed by atoms with Crippen molar-refractivity contribution in [2.45, 2.75) is 45.6 Å². The van der Waals surface area contributed by atoms with Gasteiger partial charge in [-0.1, -0.05) is 13.8 Å². The fourth-order valence-corrected chi connectivity index (χ4v) is 3.36. The second-order valence-corrected chi connectivity index (χ2v) is 7.92. The quantitative estimate of drug-likeness (QED) is 0.824. The standard InChI is InChI=1S/C12H25NO2S/c1-9(2)10-4-5-12(13)11(8-10)6-7-16(3,14)15/h9-12H,4-8,13H2,1-3H3. The van der Waals surface area contributed by atoms with E-state index in [-0.39, 0.29) is 11.8 Å². The molecule has 3 atom stereocenters. The van der Waals surface area contributed by atoms with Crippen LogP contribution in [0.4, 0.5) is 0 Å². The van der Waals surface area contributed by atoms with Gasteiger partial charge in [-0.25, -0.2) is 8.42 Å². The van der Waals surface area contributed by atoms with E-state index in [0.717, 1.165) is 25.2 Å². The second-order valence-electron chi connectivity index (χ2n) is 5.66. The van der Waals surface area contributed by atoms with Crippen LogP contribution in [-0.4, -0.2) is 26.5 Å². The molecule has 1 saturated carbocycles. The molecule has 1 aliphatic carbocycles. The first kappa shape index (κ1) is 14.0. The summed E-state index contributed by atoms with van der Waals surface area (Å²) in [6.45, 7) is 4.49. The molecule has 0 aliphatic heterocycles. The van der Waals surface area contributed by atoms with Crippen LogP contribution in [0.2, 0.25) is 0 Å². The first-order valence-electron chi connectivity index (χ1n) is 6.23. The number of sulfone groups is 1. The topological polar surface area (TPSA) is 60.2 Å². The summed E-state index contributed by atoms with van der Waals surface area (Å²) in [5.41, 5.74) is 6.08. The molecule has 0 spiro atoms. The van der Waals surface area contributed by atoms with Gasteiger partial charge in [-0.15, -0.1) is 0 Å². The Labute approximate surface area is 99.7 Å². The Morgan fingerprint density at radius 3 is 2.44 bits per heavy atom. The van der Waals surface area contributed by atoms with Crippen LogP contribution in [0.25, 0.3) is 0 Å². The maximum atomic E-state index is 11.2. The normalized spacial score (nSPS) is 31.9. The van der Waals surface area contributed by atoms with E-state index in [4.69, 9.17) is 5.73 Å². The summed E-state index contributed by atoms with van der Waals surface area (Å²) >= 11 is 0. The first-order chi connectivity index (χ1) is 7.29. The van der Waals surface area contributed by atoms with Gasteiger partial charge in [0.25, 0.3) is 0 Å². The maximum Gasteiger partial charge on any atom is 0.147 e. The SMILES string of the molecule is CC(C)C1CCC(N)C(CCS(C)(=O)=O)C1. The highest BCUT2D eigenvalue weighted by Gasteiger charge is 2.29. The molecule has 4 heteroatoms. The summed E-state index contributed by atoms with van der Waals surface area (Å²) in [7, 11) is -2.84. The summed E-state index contributed by atoms with van der Waals surface area (Å²) in [6, 6.07) is 0.205. The summed E-state index contributed by atoms with van der Waals surface area (Å²) in [5.74, 6) is 2.10. The lowest BCUT2D eigenvalue weighted by Gasteiger charge is -2.36. The average molecular weight is 247 g/mol. The molecule has 1 aliphatic rings. The average Bonchev–Trinajstić information content (AvgIpc) is 2.14. The summed E-state index contributed by atoms with van der Waals surface area (Å²) in [4.78, 5) is 0. The van der Waals surface area contributed by atoms with E-state index in [1.54, 1.807) is 0 Å². The Morgan fingerprint density at radius 2 is 1.94 bits per heavy atom. The van der Waals surface area contributed by atoms with Crippen LogP contribution < -0.4 is 5.73 Å². The largest absolute Gasteiger partial charge is 0.327 e. The van der Waals surface area contributed by atoms with E-state index in [1.165, 1.54) is 12.7 Å². The molecular weight excluding hydrogens is 222 g/mol. The zero-order valence-electron chi connectivity index (χ0n) is 10.6. The Bertz CT molecular complexity index is 311. The molecule has 1 rings (SSSR count). The van der Waals surface area contributed by atoms with Crippen molar-refractivity contribution < 1.29 is 8.42 Å². The molecule has 0 aromatic heterocycles. The third-order valence-corrected chi connectivity index (χ3v) is 4.86. The minimum atomic E-state index is -2.84. The van der Waals surface area contributed by atoms with Crippen molar-refractivity contribution in [1.82, 2.24) is 0 Å². The van der Waals surface area contributed by atoms with Gasteiger partial charge in [0.2, 0.25) is 0 Å². The molecular formula is C12H25NO2S. The molecule has 0 aromatic carbocycles. The lowest BCUT2D eigenvalue weighted by atomic mass is 9.73. The van der Waals surface area contributed by atoms with Crippen LogP contribution in [0, 0.1) is 17.8 Å². The maximum absolute atomic E-state index is 11.2. The molecule has 3 unspecified atom stereocenters. The van der Waals surface area contributed by atoms with E-state index < -0.39 is 9.84 Å². The molecule has 96 valence electrons. The molecule has 0 saturated heterocycles. The van der Waals surface area contributed by atoms with Crippen molar-refractivity contribution in [3.8, 4) is 0 Å². The lowest BCUT2D eigenvalue weighted by Crippen LogP contribution is -2.38. The van der Waals surface area contributed by atoms with Crippen molar-refractivity contribution in [1.29, 1.82) is 0 Å². The van der Waals surface area contributed by atoms with Crippen LogP contribution in [0.3, 0.4) is 0 Å². The minimum absolute atomic E-state index is 0.205.